The highest BCUT2D eigenvalue weighted by Gasteiger charge is 2.17. The quantitative estimate of drug-likeness (QED) is 0.778. The molecule has 2 N–H and O–H groups in total. The number of carboxylic acids is 1. The Bertz CT molecular complexity index is 693. The predicted octanol–water partition coefficient (Wildman–Crippen LogP) is 2.15. The predicted molar refractivity (Wildman–Crippen MR) is 78.0 cm³/mol. The number of benzene rings is 1. The molecule has 0 spiro atoms. The molecule has 0 unspecified atom stereocenters. The first kappa shape index (κ1) is 15.9. The van der Waals surface area contributed by atoms with Gasteiger partial charge >= 0.3 is 5.97 Å². The van der Waals surface area contributed by atoms with Crippen molar-refractivity contribution in [1.29, 1.82) is 0 Å². The zero-order valence-electron chi connectivity index (χ0n) is 10.9. The van der Waals surface area contributed by atoms with Crippen LogP contribution in [-0.2, 0) is 11.4 Å². The van der Waals surface area contributed by atoms with E-state index in [-0.39, 0.29) is 22.7 Å². The van der Waals surface area contributed by atoms with Gasteiger partial charge in [-0.25, -0.2) is 4.39 Å². The Labute approximate surface area is 132 Å². The largest absolute Gasteiger partial charge is 0.481 e. The maximum absolute atomic E-state index is 13.5. The molecule has 0 radical (unpaired) electrons. The lowest BCUT2D eigenvalue weighted by molar-refractivity contribution is -0.133. The first-order chi connectivity index (χ1) is 9.93. The summed E-state index contributed by atoms with van der Waals surface area (Å²) in [5.74, 6) is -1.33. The molecule has 112 valence electrons. The Balaban J connectivity index is 2.53. The zero-order valence-corrected chi connectivity index (χ0v) is 13.3. The monoisotopic (exact) mass is 375 g/mol. The molecule has 0 aliphatic carbocycles. The van der Waals surface area contributed by atoms with Crippen molar-refractivity contribution in [2.24, 2.45) is 0 Å². The van der Waals surface area contributed by atoms with Gasteiger partial charge in [-0.05, 0) is 40.5 Å². The van der Waals surface area contributed by atoms with Crippen LogP contribution in [0.25, 0.3) is 5.69 Å². The van der Waals surface area contributed by atoms with Crippen LogP contribution in [0, 0.1) is 12.7 Å². The topological polar surface area (TPSA) is 88.2 Å². The average molecular weight is 376 g/mol. The van der Waals surface area contributed by atoms with Gasteiger partial charge in [0.1, 0.15) is 12.4 Å². The molecule has 1 heterocycles. The minimum absolute atomic E-state index is 0.190. The van der Waals surface area contributed by atoms with Gasteiger partial charge in [-0.1, -0.05) is 11.8 Å². The highest BCUT2D eigenvalue weighted by Crippen LogP contribution is 2.28. The molecule has 0 bridgehead atoms. The molecular formula is C12H11BrFN3O3S. The fourth-order valence-corrected chi connectivity index (χ4v) is 2.76. The van der Waals surface area contributed by atoms with Crippen LogP contribution in [0.2, 0.25) is 0 Å². The van der Waals surface area contributed by atoms with Crippen LogP contribution in [0.5, 0.6) is 0 Å². The van der Waals surface area contributed by atoms with Gasteiger partial charge in [0.25, 0.3) is 0 Å². The van der Waals surface area contributed by atoms with E-state index in [1.54, 1.807) is 6.92 Å². The number of aliphatic carboxylic acids is 1. The molecular weight excluding hydrogens is 365 g/mol. The second-order valence-electron chi connectivity index (χ2n) is 4.13. The van der Waals surface area contributed by atoms with Crippen molar-refractivity contribution < 1.29 is 19.4 Å². The number of aliphatic hydroxyl groups excluding tert-OH is 1. The van der Waals surface area contributed by atoms with Crippen LogP contribution in [0.3, 0.4) is 0 Å². The van der Waals surface area contributed by atoms with Crippen LogP contribution >= 0.6 is 27.7 Å². The molecule has 9 heteroatoms. The first-order valence-electron chi connectivity index (χ1n) is 5.79. The average Bonchev–Trinajstić information content (AvgIpc) is 2.83. The number of aryl methyl sites for hydroxylation is 1. The van der Waals surface area contributed by atoms with E-state index in [4.69, 9.17) is 5.11 Å². The number of nitrogens with zero attached hydrogens (tertiary/aromatic N) is 3. The summed E-state index contributed by atoms with van der Waals surface area (Å²) in [6.45, 7) is 1.34. The number of carbonyl (C=O) groups is 1. The lowest BCUT2D eigenvalue weighted by Crippen LogP contribution is -2.07. The van der Waals surface area contributed by atoms with Crippen molar-refractivity contribution in [2.45, 2.75) is 18.7 Å². The molecule has 0 amide bonds. The maximum atomic E-state index is 13.5. The molecule has 21 heavy (non-hydrogen) atoms. The number of aliphatic hydroxyl groups is 1. The van der Waals surface area contributed by atoms with Gasteiger partial charge < -0.3 is 10.2 Å². The second kappa shape index (κ2) is 6.54. The van der Waals surface area contributed by atoms with E-state index < -0.39 is 11.8 Å². The van der Waals surface area contributed by atoms with E-state index in [1.807, 2.05) is 0 Å². The lowest BCUT2D eigenvalue weighted by atomic mass is 10.2. The molecule has 2 rings (SSSR count). The molecule has 0 fully saturated rings. The number of carboxylic acid groups (broad SMARTS) is 1. The highest BCUT2D eigenvalue weighted by atomic mass is 79.9. The molecule has 0 aliphatic heterocycles. The molecule has 2 aromatic rings. The Morgan fingerprint density at radius 1 is 1.48 bits per heavy atom. The van der Waals surface area contributed by atoms with Crippen LogP contribution in [0.1, 0.15) is 11.4 Å². The normalized spacial score (nSPS) is 10.9. The molecule has 6 nitrogen and oxygen atoms in total. The van der Waals surface area contributed by atoms with Crippen LogP contribution in [0.4, 0.5) is 4.39 Å². The van der Waals surface area contributed by atoms with Crippen molar-refractivity contribution in [3.8, 4) is 5.69 Å². The lowest BCUT2D eigenvalue weighted by Gasteiger charge is -2.12. The summed E-state index contributed by atoms with van der Waals surface area (Å²) in [5.41, 5.74) is 1.19. The van der Waals surface area contributed by atoms with Crippen molar-refractivity contribution in [1.82, 2.24) is 14.8 Å². The highest BCUT2D eigenvalue weighted by molar-refractivity contribution is 9.10. The van der Waals surface area contributed by atoms with Gasteiger partial charge in [0.2, 0.25) is 0 Å². The summed E-state index contributed by atoms with van der Waals surface area (Å²) in [6.07, 6.45) is 0. The van der Waals surface area contributed by atoms with E-state index in [2.05, 4.69) is 26.1 Å². The number of halogens is 2. The van der Waals surface area contributed by atoms with Crippen molar-refractivity contribution in [3.05, 3.63) is 33.8 Å². The van der Waals surface area contributed by atoms with E-state index in [0.29, 0.717) is 16.4 Å². The number of rotatable bonds is 5. The fourth-order valence-electron chi connectivity index (χ4n) is 1.74. The van der Waals surface area contributed by atoms with Crippen molar-refractivity contribution >= 4 is 33.7 Å². The summed E-state index contributed by atoms with van der Waals surface area (Å²) >= 11 is 4.08. The van der Waals surface area contributed by atoms with Crippen molar-refractivity contribution in [2.75, 3.05) is 5.75 Å². The zero-order chi connectivity index (χ0) is 15.6. The Morgan fingerprint density at radius 2 is 2.19 bits per heavy atom. The molecule has 0 saturated carbocycles. The SMILES string of the molecule is Cc1cc(F)c(Br)cc1-n1c(CO)nnc1SCC(=O)O. The number of aromatic nitrogens is 3. The van der Waals surface area contributed by atoms with Gasteiger partial charge in [0, 0.05) is 0 Å². The third-order valence-corrected chi connectivity index (χ3v) is 4.17. The van der Waals surface area contributed by atoms with E-state index >= 15 is 0 Å². The van der Waals surface area contributed by atoms with Crippen LogP contribution in [0.15, 0.2) is 21.8 Å². The molecule has 0 aliphatic rings. The number of thioether (sulfide) groups is 1. The molecule has 1 aromatic carbocycles. The summed E-state index contributed by atoms with van der Waals surface area (Å²) in [6, 6.07) is 2.88. The summed E-state index contributed by atoms with van der Waals surface area (Å²) in [5, 5.41) is 26.1. The molecule has 0 atom stereocenters. The van der Waals surface area contributed by atoms with Crippen molar-refractivity contribution in [3.63, 3.8) is 0 Å². The minimum atomic E-state index is -0.989. The second-order valence-corrected chi connectivity index (χ2v) is 5.92. The third kappa shape index (κ3) is 3.42. The Morgan fingerprint density at radius 3 is 2.81 bits per heavy atom. The number of hydrogen-bond acceptors (Lipinski definition) is 5. The summed E-state index contributed by atoms with van der Waals surface area (Å²) < 4.78 is 15.3. The van der Waals surface area contributed by atoms with Gasteiger partial charge in [0.15, 0.2) is 11.0 Å². The summed E-state index contributed by atoms with van der Waals surface area (Å²) in [7, 11) is 0. The first-order valence-corrected chi connectivity index (χ1v) is 7.57. The Hall–Kier alpha value is -1.45. The van der Waals surface area contributed by atoms with Gasteiger partial charge in [-0.15, -0.1) is 10.2 Å². The maximum Gasteiger partial charge on any atom is 0.313 e. The van der Waals surface area contributed by atoms with Gasteiger partial charge in [-0.2, -0.15) is 0 Å². The molecule has 1 aromatic heterocycles. The van der Waals surface area contributed by atoms with E-state index in [9.17, 15) is 14.3 Å². The van der Waals surface area contributed by atoms with Gasteiger partial charge in [0.05, 0.1) is 15.9 Å². The Kier molecular flexibility index (Phi) is 4.96. The fraction of sp³-hybridized carbons (Fsp3) is 0.250. The number of hydrogen-bond donors (Lipinski definition) is 2. The van der Waals surface area contributed by atoms with E-state index in [1.165, 1.54) is 16.7 Å². The molecule has 0 saturated heterocycles. The van der Waals surface area contributed by atoms with Crippen LogP contribution in [-0.4, -0.2) is 36.7 Å². The minimum Gasteiger partial charge on any atom is -0.481 e. The standard InChI is InChI=1S/C12H11BrFN3O3S/c1-6-2-8(14)7(13)3-9(6)17-10(4-18)15-16-12(17)21-5-11(19)20/h2-3,18H,4-5H2,1H3,(H,19,20). The summed E-state index contributed by atoms with van der Waals surface area (Å²) in [4.78, 5) is 10.7. The van der Waals surface area contributed by atoms with Crippen LogP contribution < -0.4 is 0 Å². The van der Waals surface area contributed by atoms with E-state index in [0.717, 1.165) is 11.8 Å². The van der Waals surface area contributed by atoms with Gasteiger partial charge in [-0.3, -0.25) is 9.36 Å². The smallest absolute Gasteiger partial charge is 0.313 e. The third-order valence-electron chi connectivity index (χ3n) is 2.65.